The Morgan fingerprint density at radius 1 is 1.09 bits per heavy atom. The second-order valence-corrected chi connectivity index (χ2v) is 9.95. The highest BCUT2D eigenvalue weighted by atomic mass is 35.5. The lowest BCUT2D eigenvalue weighted by molar-refractivity contribution is -0.118. The van der Waals surface area contributed by atoms with E-state index in [1.807, 2.05) is 6.07 Å². The van der Waals surface area contributed by atoms with Crippen LogP contribution >= 0.6 is 23.2 Å². The van der Waals surface area contributed by atoms with E-state index >= 15 is 0 Å². The zero-order chi connectivity index (χ0) is 25.1. The molecule has 0 spiro atoms. The number of aromatic nitrogens is 2. The first-order chi connectivity index (χ1) is 16.7. The molecule has 0 atom stereocenters. The molecule has 0 aliphatic heterocycles. The minimum atomic E-state index is -0.357. The molecule has 7 nitrogen and oxygen atoms in total. The lowest BCUT2D eigenvalue weighted by Crippen LogP contribution is -2.30. The Hall–Kier alpha value is -3.03. The first-order valence-electron chi connectivity index (χ1n) is 11.7. The number of carbonyl (C=O) groups is 2. The number of nitrogens with zero attached hydrogens (tertiary/aromatic N) is 2. The lowest BCUT2D eigenvalue weighted by atomic mass is 10.0. The minimum absolute atomic E-state index is 0.0228. The molecule has 3 aromatic rings. The fourth-order valence-electron chi connectivity index (χ4n) is 4.22. The van der Waals surface area contributed by atoms with Gasteiger partial charge in [0.25, 0.3) is 0 Å². The summed E-state index contributed by atoms with van der Waals surface area (Å²) in [7, 11) is 0. The van der Waals surface area contributed by atoms with E-state index < -0.39 is 0 Å². The van der Waals surface area contributed by atoms with Crippen molar-refractivity contribution in [3.05, 3.63) is 63.8 Å². The predicted molar refractivity (Wildman–Crippen MR) is 138 cm³/mol. The average molecular weight is 515 g/mol. The monoisotopic (exact) mass is 514 g/mol. The number of rotatable bonds is 6. The van der Waals surface area contributed by atoms with Gasteiger partial charge in [-0.25, -0.2) is 4.79 Å². The van der Waals surface area contributed by atoms with E-state index in [0.717, 1.165) is 36.9 Å². The third-order valence-corrected chi connectivity index (χ3v) is 6.94. The summed E-state index contributed by atoms with van der Waals surface area (Å²) in [4.78, 5) is 25.1. The number of amides is 2. The van der Waals surface area contributed by atoms with Crippen LogP contribution in [0.5, 0.6) is 5.75 Å². The van der Waals surface area contributed by atoms with Gasteiger partial charge >= 0.3 is 6.03 Å². The molecule has 4 rings (SSSR count). The molecule has 0 bridgehead atoms. The van der Waals surface area contributed by atoms with Crippen molar-refractivity contribution in [1.29, 1.82) is 0 Å². The Balaban J connectivity index is 1.59. The molecule has 1 aliphatic rings. The predicted octanol–water partition coefficient (Wildman–Crippen LogP) is 6.57. The number of hydrogen-bond acceptors (Lipinski definition) is 4. The molecule has 2 aromatic carbocycles. The SMILES string of the molecule is CC(C)C(=O)Nc1ccc(-c2cc(C3CCCC3)n(C(=O)NCc3ccc(Cl)c(Cl)c3)n2)c(O)c1. The van der Waals surface area contributed by atoms with Crippen molar-refractivity contribution in [1.82, 2.24) is 15.1 Å². The van der Waals surface area contributed by atoms with Crippen LogP contribution in [0.1, 0.15) is 56.7 Å². The fraction of sp³-hybridized carbons (Fsp3) is 0.346. The molecule has 1 saturated carbocycles. The summed E-state index contributed by atoms with van der Waals surface area (Å²) in [5, 5.41) is 21.8. The lowest BCUT2D eigenvalue weighted by Gasteiger charge is -2.12. The number of nitrogens with one attached hydrogen (secondary N) is 2. The Morgan fingerprint density at radius 2 is 1.83 bits per heavy atom. The summed E-state index contributed by atoms with van der Waals surface area (Å²) < 4.78 is 1.40. The van der Waals surface area contributed by atoms with Gasteiger partial charge in [-0.15, -0.1) is 0 Å². The van der Waals surface area contributed by atoms with Gasteiger partial charge in [-0.1, -0.05) is 56.0 Å². The number of anilines is 1. The Kier molecular flexibility index (Phi) is 7.67. The molecule has 3 N–H and O–H groups in total. The highest BCUT2D eigenvalue weighted by Crippen LogP contribution is 2.38. The molecule has 1 aromatic heterocycles. The van der Waals surface area contributed by atoms with Crippen LogP contribution in [-0.2, 0) is 11.3 Å². The van der Waals surface area contributed by atoms with Crippen LogP contribution in [0.15, 0.2) is 42.5 Å². The van der Waals surface area contributed by atoms with Crippen LogP contribution in [0.3, 0.4) is 0 Å². The summed E-state index contributed by atoms with van der Waals surface area (Å²) in [6, 6.07) is 11.6. The van der Waals surface area contributed by atoms with Gasteiger partial charge in [-0.2, -0.15) is 9.78 Å². The van der Waals surface area contributed by atoms with E-state index in [4.69, 9.17) is 23.2 Å². The summed E-state index contributed by atoms with van der Waals surface area (Å²) in [5.74, 6) is -0.114. The molecule has 2 amide bonds. The van der Waals surface area contributed by atoms with Gasteiger partial charge in [0.1, 0.15) is 5.75 Å². The number of phenols is 1. The Labute approximate surface area is 214 Å². The van der Waals surface area contributed by atoms with Crippen LogP contribution < -0.4 is 10.6 Å². The van der Waals surface area contributed by atoms with Crippen molar-refractivity contribution < 1.29 is 14.7 Å². The maximum atomic E-state index is 13.1. The number of hydrogen-bond donors (Lipinski definition) is 3. The van der Waals surface area contributed by atoms with Gasteiger partial charge < -0.3 is 15.7 Å². The van der Waals surface area contributed by atoms with Crippen molar-refractivity contribution in [3.63, 3.8) is 0 Å². The van der Waals surface area contributed by atoms with E-state index in [-0.39, 0.29) is 36.1 Å². The van der Waals surface area contributed by atoms with E-state index in [2.05, 4.69) is 15.7 Å². The molecular formula is C26H28Cl2N4O3. The third kappa shape index (κ3) is 5.80. The summed E-state index contributed by atoms with van der Waals surface area (Å²) in [5.41, 5.74) is 3.12. The number of aromatic hydroxyl groups is 1. The van der Waals surface area contributed by atoms with Crippen LogP contribution in [0.2, 0.25) is 10.0 Å². The number of benzene rings is 2. The highest BCUT2D eigenvalue weighted by molar-refractivity contribution is 6.42. The van der Waals surface area contributed by atoms with Crippen molar-refractivity contribution in [2.24, 2.45) is 5.92 Å². The normalized spacial score (nSPS) is 13.9. The van der Waals surface area contributed by atoms with E-state index in [0.29, 0.717) is 27.0 Å². The van der Waals surface area contributed by atoms with Crippen molar-refractivity contribution >= 4 is 40.8 Å². The molecule has 1 heterocycles. The van der Waals surface area contributed by atoms with E-state index in [1.165, 1.54) is 10.7 Å². The summed E-state index contributed by atoms with van der Waals surface area (Å²) in [6.45, 7) is 3.87. The van der Waals surface area contributed by atoms with Crippen molar-refractivity contribution in [2.45, 2.75) is 52.0 Å². The van der Waals surface area contributed by atoms with Gasteiger partial charge in [-0.3, -0.25) is 4.79 Å². The average Bonchev–Trinajstić information content (AvgIpc) is 3.50. The molecule has 184 valence electrons. The van der Waals surface area contributed by atoms with Crippen LogP contribution in [0.4, 0.5) is 10.5 Å². The second-order valence-electron chi connectivity index (χ2n) is 9.13. The van der Waals surface area contributed by atoms with Crippen molar-refractivity contribution in [3.8, 4) is 17.0 Å². The van der Waals surface area contributed by atoms with Gasteiger partial charge in [0, 0.05) is 35.7 Å². The van der Waals surface area contributed by atoms with E-state index in [9.17, 15) is 14.7 Å². The Bertz CT molecular complexity index is 1250. The molecule has 9 heteroatoms. The third-order valence-electron chi connectivity index (χ3n) is 6.20. The van der Waals surface area contributed by atoms with Crippen LogP contribution in [0, 0.1) is 5.92 Å². The Morgan fingerprint density at radius 3 is 2.49 bits per heavy atom. The number of carbonyl (C=O) groups excluding carboxylic acids is 2. The molecule has 0 radical (unpaired) electrons. The first-order valence-corrected chi connectivity index (χ1v) is 12.4. The standard InChI is InChI=1S/C26H28Cl2N4O3/c1-15(2)25(34)30-18-8-9-19(24(33)12-18)22-13-23(17-5-3-4-6-17)32(31-22)26(35)29-14-16-7-10-20(27)21(28)11-16/h7-13,15,17,33H,3-6,14H2,1-2H3,(H,29,35)(H,30,34). The van der Waals surface area contributed by atoms with Gasteiger partial charge in [0.15, 0.2) is 0 Å². The topological polar surface area (TPSA) is 96.3 Å². The molecular weight excluding hydrogens is 487 g/mol. The molecule has 35 heavy (non-hydrogen) atoms. The minimum Gasteiger partial charge on any atom is -0.507 e. The molecule has 0 saturated heterocycles. The highest BCUT2D eigenvalue weighted by Gasteiger charge is 2.26. The fourth-order valence-corrected chi connectivity index (χ4v) is 4.54. The van der Waals surface area contributed by atoms with Gasteiger partial charge in [0.05, 0.1) is 21.4 Å². The smallest absolute Gasteiger partial charge is 0.342 e. The molecule has 1 aliphatic carbocycles. The number of halogens is 2. The quantitative estimate of drug-likeness (QED) is 0.346. The maximum Gasteiger partial charge on any atom is 0.342 e. The summed E-state index contributed by atoms with van der Waals surface area (Å²) in [6.07, 6.45) is 4.17. The number of phenolic OH excluding ortho intramolecular Hbond substituents is 1. The first kappa shape index (κ1) is 25.1. The second kappa shape index (κ2) is 10.7. The van der Waals surface area contributed by atoms with Crippen LogP contribution in [0.25, 0.3) is 11.3 Å². The zero-order valence-electron chi connectivity index (χ0n) is 19.6. The largest absolute Gasteiger partial charge is 0.507 e. The van der Waals surface area contributed by atoms with Crippen molar-refractivity contribution in [2.75, 3.05) is 5.32 Å². The molecule has 1 fully saturated rings. The zero-order valence-corrected chi connectivity index (χ0v) is 21.2. The van der Waals surface area contributed by atoms with Crippen LogP contribution in [-0.4, -0.2) is 26.8 Å². The molecule has 0 unspecified atom stereocenters. The van der Waals surface area contributed by atoms with Gasteiger partial charge in [-0.05, 0) is 48.7 Å². The summed E-state index contributed by atoms with van der Waals surface area (Å²) >= 11 is 12.1. The maximum absolute atomic E-state index is 13.1. The van der Waals surface area contributed by atoms with E-state index in [1.54, 1.807) is 44.2 Å². The van der Waals surface area contributed by atoms with Gasteiger partial charge in [0.2, 0.25) is 5.91 Å².